The van der Waals surface area contributed by atoms with Crippen LogP contribution in [0.4, 0.5) is 0 Å². The molecule has 6 nitrogen and oxygen atoms in total. The number of hydrogen-bond acceptors (Lipinski definition) is 4. The van der Waals surface area contributed by atoms with Crippen molar-refractivity contribution in [3.8, 4) is 17.0 Å². The lowest BCUT2D eigenvalue weighted by Gasteiger charge is -2.14. The third-order valence-corrected chi connectivity index (χ3v) is 4.48. The van der Waals surface area contributed by atoms with Crippen molar-refractivity contribution in [2.75, 3.05) is 19.7 Å². The number of fused-ring (bicyclic) bond motifs is 1. The van der Waals surface area contributed by atoms with E-state index in [0.29, 0.717) is 19.2 Å². The van der Waals surface area contributed by atoms with E-state index in [2.05, 4.69) is 20.6 Å². The van der Waals surface area contributed by atoms with Gasteiger partial charge in [0.15, 0.2) is 0 Å². The Morgan fingerprint density at radius 2 is 2.26 bits per heavy atom. The molecule has 120 valence electrons. The third-order valence-electron chi connectivity index (χ3n) is 4.48. The Balaban J connectivity index is 1.60. The van der Waals surface area contributed by atoms with Crippen LogP contribution in [-0.4, -0.2) is 41.6 Å². The van der Waals surface area contributed by atoms with Gasteiger partial charge >= 0.3 is 0 Å². The van der Waals surface area contributed by atoms with Gasteiger partial charge in [0.05, 0.1) is 17.5 Å². The zero-order valence-electron chi connectivity index (χ0n) is 12.9. The molecule has 0 spiro atoms. The summed E-state index contributed by atoms with van der Waals surface area (Å²) in [7, 11) is 0. The van der Waals surface area contributed by atoms with Crippen molar-refractivity contribution in [3.63, 3.8) is 0 Å². The van der Waals surface area contributed by atoms with Crippen LogP contribution in [0.1, 0.15) is 28.9 Å². The minimum absolute atomic E-state index is 0.0135. The highest BCUT2D eigenvalue weighted by Gasteiger charge is 2.21. The molecule has 23 heavy (non-hydrogen) atoms. The zero-order valence-corrected chi connectivity index (χ0v) is 12.9. The van der Waals surface area contributed by atoms with Crippen molar-refractivity contribution >= 4 is 5.91 Å². The predicted octanol–water partition coefficient (Wildman–Crippen LogP) is 1.49. The summed E-state index contributed by atoms with van der Waals surface area (Å²) in [5.74, 6) is 0.737. The normalized spacial score (nSPS) is 20.2. The topological polar surface area (TPSA) is 79.0 Å². The smallest absolute Gasteiger partial charge is 0.253 e. The first-order valence-electron chi connectivity index (χ1n) is 8.12. The van der Waals surface area contributed by atoms with Crippen LogP contribution in [0, 0.1) is 0 Å². The quantitative estimate of drug-likeness (QED) is 0.799. The van der Waals surface area contributed by atoms with Gasteiger partial charge in [0.1, 0.15) is 12.4 Å². The van der Waals surface area contributed by atoms with Crippen LogP contribution in [0.25, 0.3) is 11.3 Å². The Morgan fingerprint density at radius 1 is 1.30 bits per heavy atom. The molecule has 0 aromatic carbocycles. The molecule has 2 aliphatic heterocycles. The van der Waals surface area contributed by atoms with E-state index in [1.807, 2.05) is 12.1 Å². The number of carbonyl (C=O) groups excluding carboxylic acids is 1. The molecule has 2 aromatic heterocycles. The molecular formula is C17H20N4O2. The van der Waals surface area contributed by atoms with Gasteiger partial charge in [0, 0.05) is 36.5 Å². The summed E-state index contributed by atoms with van der Waals surface area (Å²) in [5, 5.41) is 6.29. The largest absolute Gasteiger partial charge is 0.490 e. The first-order chi connectivity index (χ1) is 11.3. The average molecular weight is 312 g/mol. The molecule has 2 aromatic rings. The number of hydrogen-bond donors (Lipinski definition) is 3. The summed E-state index contributed by atoms with van der Waals surface area (Å²) >= 11 is 0. The van der Waals surface area contributed by atoms with Crippen molar-refractivity contribution < 1.29 is 9.53 Å². The number of pyridine rings is 1. The Morgan fingerprint density at radius 3 is 3.09 bits per heavy atom. The summed E-state index contributed by atoms with van der Waals surface area (Å²) in [4.78, 5) is 19.5. The molecule has 1 fully saturated rings. The summed E-state index contributed by atoms with van der Waals surface area (Å²) in [6.07, 6.45) is 6.66. The van der Waals surface area contributed by atoms with E-state index in [1.54, 1.807) is 12.4 Å². The second-order valence-corrected chi connectivity index (χ2v) is 6.06. The number of ether oxygens (including phenoxy) is 1. The molecule has 3 N–H and O–H groups in total. The van der Waals surface area contributed by atoms with Crippen molar-refractivity contribution in [2.24, 2.45) is 0 Å². The number of aromatic nitrogens is 2. The first kappa shape index (κ1) is 14.3. The molecule has 0 saturated carbocycles. The van der Waals surface area contributed by atoms with Gasteiger partial charge in [0.2, 0.25) is 0 Å². The lowest BCUT2D eigenvalue weighted by atomic mass is 10.1. The minimum atomic E-state index is -0.0135. The number of nitrogens with zero attached hydrogens (tertiary/aromatic N) is 1. The van der Waals surface area contributed by atoms with Crippen LogP contribution in [0.5, 0.6) is 5.75 Å². The second-order valence-electron chi connectivity index (χ2n) is 6.06. The van der Waals surface area contributed by atoms with E-state index in [4.69, 9.17) is 4.74 Å². The number of carbonyl (C=O) groups is 1. The fourth-order valence-corrected chi connectivity index (χ4v) is 3.25. The number of aromatic amines is 1. The number of amides is 1. The summed E-state index contributed by atoms with van der Waals surface area (Å²) in [5.41, 5.74) is 3.57. The minimum Gasteiger partial charge on any atom is -0.490 e. The van der Waals surface area contributed by atoms with Gasteiger partial charge in [-0.1, -0.05) is 0 Å². The molecule has 4 heterocycles. The predicted molar refractivity (Wildman–Crippen MR) is 86.6 cm³/mol. The zero-order chi connectivity index (χ0) is 15.6. The van der Waals surface area contributed by atoms with Crippen molar-refractivity contribution in [1.82, 2.24) is 20.6 Å². The molecule has 0 bridgehead atoms. The molecule has 4 rings (SSSR count). The molecule has 0 radical (unpaired) electrons. The maximum atomic E-state index is 11.9. The maximum Gasteiger partial charge on any atom is 0.253 e. The highest BCUT2D eigenvalue weighted by molar-refractivity contribution is 5.98. The van der Waals surface area contributed by atoms with E-state index in [9.17, 15) is 4.79 Å². The van der Waals surface area contributed by atoms with Crippen LogP contribution >= 0.6 is 0 Å². The Kier molecular flexibility index (Phi) is 3.75. The molecule has 1 saturated heterocycles. The fraction of sp³-hybridized carbons (Fsp3) is 0.412. The van der Waals surface area contributed by atoms with E-state index in [-0.39, 0.29) is 5.91 Å². The van der Waals surface area contributed by atoms with Crippen molar-refractivity contribution in [2.45, 2.75) is 25.3 Å². The number of H-pyrrole nitrogens is 1. The van der Waals surface area contributed by atoms with Crippen LogP contribution in [0.3, 0.4) is 0 Å². The average Bonchev–Trinajstić information content (AvgIpc) is 3.23. The molecule has 6 heteroatoms. The molecule has 1 atom stereocenters. The van der Waals surface area contributed by atoms with Gasteiger partial charge in [-0.05, 0) is 31.5 Å². The Hall–Kier alpha value is -2.34. The standard InChI is InChI=1S/C17H20N4O2/c22-17-13-8-15(21-14(13)4-7-20-17)12-3-6-18-9-16(12)23-10-11-2-1-5-19-11/h3,6,8-9,11,19,21H,1-2,4-5,7,10H2,(H,20,22)/t11-/m1/s1. The molecule has 0 aliphatic carbocycles. The molecule has 2 aliphatic rings. The van der Waals surface area contributed by atoms with Crippen LogP contribution in [-0.2, 0) is 6.42 Å². The highest BCUT2D eigenvalue weighted by Crippen LogP contribution is 2.31. The lowest BCUT2D eigenvalue weighted by Crippen LogP contribution is -2.31. The highest BCUT2D eigenvalue weighted by atomic mass is 16.5. The summed E-state index contributed by atoms with van der Waals surface area (Å²) in [6.45, 7) is 2.38. The van der Waals surface area contributed by atoms with Gasteiger partial charge < -0.3 is 20.4 Å². The SMILES string of the molecule is O=C1NCCc2[nH]c(-c3ccncc3OC[C@H]3CCCN3)cc21. The van der Waals surface area contributed by atoms with E-state index in [1.165, 1.54) is 6.42 Å². The van der Waals surface area contributed by atoms with E-state index < -0.39 is 0 Å². The Bertz CT molecular complexity index is 719. The van der Waals surface area contributed by atoms with E-state index in [0.717, 1.165) is 47.7 Å². The van der Waals surface area contributed by atoms with Crippen molar-refractivity contribution in [3.05, 3.63) is 35.8 Å². The fourth-order valence-electron chi connectivity index (χ4n) is 3.25. The van der Waals surface area contributed by atoms with Gasteiger partial charge in [0.25, 0.3) is 5.91 Å². The lowest BCUT2D eigenvalue weighted by molar-refractivity contribution is 0.0946. The number of rotatable bonds is 4. The first-order valence-corrected chi connectivity index (χ1v) is 8.12. The summed E-state index contributed by atoms with van der Waals surface area (Å²) < 4.78 is 5.99. The molecule has 0 unspecified atom stereocenters. The molecular weight excluding hydrogens is 292 g/mol. The number of nitrogens with one attached hydrogen (secondary N) is 3. The van der Waals surface area contributed by atoms with Crippen LogP contribution < -0.4 is 15.4 Å². The van der Waals surface area contributed by atoms with Gasteiger partial charge in [-0.25, -0.2) is 0 Å². The monoisotopic (exact) mass is 312 g/mol. The van der Waals surface area contributed by atoms with Gasteiger partial charge in [-0.3, -0.25) is 9.78 Å². The third kappa shape index (κ3) is 2.82. The van der Waals surface area contributed by atoms with E-state index >= 15 is 0 Å². The van der Waals surface area contributed by atoms with Crippen LogP contribution in [0.2, 0.25) is 0 Å². The van der Waals surface area contributed by atoms with Gasteiger partial charge in [-0.2, -0.15) is 0 Å². The summed E-state index contributed by atoms with van der Waals surface area (Å²) in [6, 6.07) is 4.23. The van der Waals surface area contributed by atoms with Crippen LogP contribution in [0.15, 0.2) is 24.5 Å². The van der Waals surface area contributed by atoms with Gasteiger partial charge in [-0.15, -0.1) is 0 Å². The Labute approximate surface area is 134 Å². The second kappa shape index (κ2) is 6.04. The van der Waals surface area contributed by atoms with Crippen molar-refractivity contribution in [1.29, 1.82) is 0 Å². The maximum absolute atomic E-state index is 11.9. The molecule has 1 amide bonds.